The molecular formula is C30H28N4O4. The largest absolute Gasteiger partial charge is 0.495 e. The number of nitrogens with one attached hydrogen (secondary N) is 2. The Hall–Kier alpha value is -4.59. The van der Waals surface area contributed by atoms with Gasteiger partial charge in [-0.1, -0.05) is 42.5 Å². The Morgan fingerprint density at radius 1 is 0.842 bits per heavy atom. The van der Waals surface area contributed by atoms with Crippen LogP contribution in [0.5, 0.6) is 5.75 Å². The number of carbonyl (C=O) groups is 2. The van der Waals surface area contributed by atoms with Gasteiger partial charge in [0.15, 0.2) is 0 Å². The highest BCUT2D eigenvalue weighted by molar-refractivity contribution is 6.00. The second kappa shape index (κ2) is 9.70. The molecule has 192 valence electrons. The van der Waals surface area contributed by atoms with E-state index in [1.807, 2.05) is 59.5 Å². The third-order valence-electron chi connectivity index (χ3n) is 7.49. The molecule has 3 amide bonds. The lowest BCUT2D eigenvalue weighted by Crippen LogP contribution is -2.49. The molecule has 1 fully saturated rings. The van der Waals surface area contributed by atoms with Gasteiger partial charge in [-0.3, -0.25) is 9.59 Å². The van der Waals surface area contributed by atoms with Crippen LogP contribution in [0.15, 0.2) is 83.7 Å². The highest BCUT2D eigenvalue weighted by Crippen LogP contribution is 2.36. The van der Waals surface area contributed by atoms with E-state index < -0.39 is 6.03 Å². The molecule has 2 aliphatic rings. The van der Waals surface area contributed by atoms with E-state index in [0.717, 1.165) is 22.9 Å². The van der Waals surface area contributed by atoms with Gasteiger partial charge >= 0.3 is 6.03 Å². The standard InChI is InChI=1S/C30H28N4O4/c1-38-27-9-5-4-8-24(27)31-30(37)32-25-12-13-26-23-14-19(17-34(26)29(25)36)16-33(18-23)28(35)22-11-10-20-6-2-3-7-21(20)15-22/h2-13,15,19,23H,14,16-18H2,1H3,(H2,31,32,37)/t19-,23+/m1/s1. The molecule has 2 bridgehead atoms. The molecular weight excluding hydrogens is 480 g/mol. The van der Waals surface area contributed by atoms with E-state index in [1.54, 1.807) is 28.8 Å². The summed E-state index contributed by atoms with van der Waals surface area (Å²) in [6, 6.07) is 23.9. The van der Waals surface area contributed by atoms with Crippen molar-refractivity contribution in [1.82, 2.24) is 9.47 Å². The number of carbonyl (C=O) groups excluding carboxylic acids is 2. The van der Waals surface area contributed by atoms with Crippen molar-refractivity contribution in [2.75, 3.05) is 30.8 Å². The molecule has 2 aliphatic heterocycles. The molecule has 0 saturated carbocycles. The molecule has 3 heterocycles. The van der Waals surface area contributed by atoms with Crippen molar-refractivity contribution in [1.29, 1.82) is 0 Å². The molecule has 8 nitrogen and oxygen atoms in total. The van der Waals surface area contributed by atoms with Gasteiger partial charge in [-0.05, 0) is 59.5 Å². The number of urea groups is 1. The van der Waals surface area contributed by atoms with Gasteiger partial charge in [-0.2, -0.15) is 0 Å². The number of hydrogen-bond acceptors (Lipinski definition) is 4. The van der Waals surface area contributed by atoms with Crippen LogP contribution < -0.4 is 20.9 Å². The van der Waals surface area contributed by atoms with Crippen LogP contribution in [-0.2, 0) is 6.54 Å². The number of para-hydroxylation sites is 2. The second-order valence-electron chi connectivity index (χ2n) is 9.94. The van der Waals surface area contributed by atoms with Crippen molar-refractivity contribution < 1.29 is 14.3 Å². The first kappa shape index (κ1) is 23.8. The molecule has 0 spiro atoms. The van der Waals surface area contributed by atoms with Gasteiger partial charge in [0.2, 0.25) is 0 Å². The predicted octanol–water partition coefficient (Wildman–Crippen LogP) is 4.91. The maximum Gasteiger partial charge on any atom is 0.323 e. The topological polar surface area (TPSA) is 92.7 Å². The van der Waals surface area contributed by atoms with Gasteiger partial charge in [0, 0.05) is 36.8 Å². The number of hydrogen-bond donors (Lipinski definition) is 2. The summed E-state index contributed by atoms with van der Waals surface area (Å²) in [5, 5.41) is 7.57. The zero-order valence-electron chi connectivity index (χ0n) is 21.0. The molecule has 3 aromatic carbocycles. The fourth-order valence-corrected chi connectivity index (χ4v) is 5.74. The summed E-state index contributed by atoms with van der Waals surface area (Å²) in [4.78, 5) is 41.3. The quantitative estimate of drug-likeness (QED) is 0.410. The molecule has 0 aliphatic carbocycles. The maximum atomic E-state index is 13.4. The van der Waals surface area contributed by atoms with Gasteiger partial charge in [0.1, 0.15) is 11.4 Å². The minimum Gasteiger partial charge on any atom is -0.495 e. The van der Waals surface area contributed by atoms with Crippen LogP contribution in [0.3, 0.4) is 0 Å². The maximum absolute atomic E-state index is 13.4. The number of rotatable bonds is 4. The van der Waals surface area contributed by atoms with Crippen LogP contribution in [0.2, 0.25) is 0 Å². The molecule has 0 radical (unpaired) electrons. The van der Waals surface area contributed by atoms with Gasteiger partial charge in [0.25, 0.3) is 11.5 Å². The summed E-state index contributed by atoms with van der Waals surface area (Å²) in [5.41, 5.74) is 2.07. The Bertz CT molecular complexity index is 1610. The zero-order chi connectivity index (χ0) is 26.2. The number of ether oxygens (including phenoxy) is 1. The fourth-order valence-electron chi connectivity index (χ4n) is 5.74. The molecule has 2 atom stereocenters. The van der Waals surface area contributed by atoms with E-state index in [0.29, 0.717) is 36.6 Å². The Labute approximate surface area is 219 Å². The van der Waals surface area contributed by atoms with Crippen LogP contribution >= 0.6 is 0 Å². The third-order valence-corrected chi connectivity index (χ3v) is 7.49. The van der Waals surface area contributed by atoms with E-state index in [1.165, 1.54) is 7.11 Å². The number of nitrogens with zero attached hydrogens (tertiary/aromatic N) is 2. The zero-order valence-corrected chi connectivity index (χ0v) is 21.0. The molecule has 1 aromatic heterocycles. The molecule has 2 N–H and O–H groups in total. The first-order valence-corrected chi connectivity index (χ1v) is 12.7. The highest BCUT2D eigenvalue weighted by Gasteiger charge is 2.37. The lowest BCUT2D eigenvalue weighted by atomic mass is 9.83. The number of benzene rings is 3. The highest BCUT2D eigenvalue weighted by atomic mass is 16.5. The van der Waals surface area contributed by atoms with Crippen LogP contribution in [0, 0.1) is 5.92 Å². The molecule has 8 heteroatoms. The van der Waals surface area contributed by atoms with Crippen LogP contribution in [-0.4, -0.2) is 41.6 Å². The summed E-state index contributed by atoms with van der Waals surface area (Å²) in [6.07, 6.45) is 0.933. The molecule has 4 aromatic rings. The van der Waals surface area contributed by atoms with E-state index in [2.05, 4.69) is 10.6 Å². The van der Waals surface area contributed by atoms with Crippen molar-refractivity contribution in [3.05, 3.63) is 100 Å². The predicted molar refractivity (Wildman–Crippen MR) is 147 cm³/mol. The number of methoxy groups -OCH3 is 1. The van der Waals surface area contributed by atoms with Crippen molar-refractivity contribution in [2.45, 2.75) is 18.9 Å². The van der Waals surface area contributed by atoms with Crippen LogP contribution in [0.1, 0.15) is 28.4 Å². The SMILES string of the molecule is COc1ccccc1NC(=O)Nc1ccc2n(c1=O)C[C@@H]1C[C@H]2CN(C(=O)c2ccc3ccccc3c2)C1. The monoisotopic (exact) mass is 508 g/mol. The number of aromatic nitrogens is 1. The third kappa shape index (κ3) is 4.38. The lowest BCUT2D eigenvalue weighted by Gasteiger charge is -2.43. The second-order valence-corrected chi connectivity index (χ2v) is 9.94. The average molecular weight is 509 g/mol. The van der Waals surface area contributed by atoms with Crippen molar-refractivity contribution in [2.24, 2.45) is 5.92 Å². The minimum atomic E-state index is -0.518. The number of pyridine rings is 1. The normalized spacial score (nSPS) is 18.0. The number of anilines is 2. The van der Waals surface area contributed by atoms with Gasteiger partial charge < -0.3 is 24.8 Å². The van der Waals surface area contributed by atoms with Gasteiger partial charge in [-0.15, -0.1) is 0 Å². The fraction of sp³-hybridized carbons (Fsp3) is 0.233. The first-order chi connectivity index (χ1) is 18.5. The molecule has 6 rings (SSSR count). The lowest BCUT2D eigenvalue weighted by molar-refractivity contribution is 0.0595. The van der Waals surface area contributed by atoms with Crippen LogP contribution in [0.25, 0.3) is 10.8 Å². The molecule has 38 heavy (non-hydrogen) atoms. The van der Waals surface area contributed by atoms with Crippen molar-refractivity contribution in [3.63, 3.8) is 0 Å². The van der Waals surface area contributed by atoms with Crippen LogP contribution in [0.4, 0.5) is 16.2 Å². The van der Waals surface area contributed by atoms with Gasteiger partial charge in [-0.25, -0.2) is 4.79 Å². The van der Waals surface area contributed by atoms with Crippen molar-refractivity contribution in [3.8, 4) is 5.75 Å². The van der Waals surface area contributed by atoms with Gasteiger partial charge in [0.05, 0.1) is 12.8 Å². The van der Waals surface area contributed by atoms with E-state index >= 15 is 0 Å². The Balaban J connectivity index is 1.19. The Morgan fingerprint density at radius 2 is 1.61 bits per heavy atom. The van der Waals surface area contributed by atoms with E-state index in [4.69, 9.17) is 4.74 Å². The summed E-state index contributed by atoms with van der Waals surface area (Å²) in [5.74, 6) is 0.782. The number of amides is 3. The minimum absolute atomic E-state index is 0.0209. The van der Waals surface area contributed by atoms with Crippen molar-refractivity contribution >= 4 is 34.1 Å². The summed E-state index contributed by atoms with van der Waals surface area (Å²) < 4.78 is 7.03. The smallest absolute Gasteiger partial charge is 0.323 e. The average Bonchev–Trinajstić information content (AvgIpc) is 2.94. The summed E-state index contributed by atoms with van der Waals surface area (Å²) >= 11 is 0. The first-order valence-electron chi connectivity index (χ1n) is 12.7. The van der Waals surface area contributed by atoms with E-state index in [-0.39, 0.29) is 29.0 Å². The summed E-state index contributed by atoms with van der Waals surface area (Å²) in [6.45, 7) is 1.67. The Morgan fingerprint density at radius 3 is 2.45 bits per heavy atom. The number of likely N-dealkylation sites (tertiary alicyclic amines) is 1. The van der Waals surface area contributed by atoms with E-state index in [9.17, 15) is 14.4 Å². The molecule has 1 saturated heterocycles. The summed E-state index contributed by atoms with van der Waals surface area (Å²) in [7, 11) is 1.53. The number of fused-ring (bicyclic) bond motifs is 5. The number of piperidine rings is 1. The Kier molecular flexibility index (Phi) is 6.07. The molecule has 0 unspecified atom stereocenters.